The van der Waals surface area contributed by atoms with Crippen LogP contribution in [0.2, 0.25) is 0 Å². The van der Waals surface area contributed by atoms with Crippen LogP contribution in [0.25, 0.3) is 0 Å². The summed E-state index contributed by atoms with van der Waals surface area (Å²) in [5.41, 5.74) is -0.234. The number of amides is 2. The number of piperazine rings is 1. The largest absolute Gasteiger partial charge is 0.444 e. The number of hydrogen-bond acceptors (Lipinski definition) is 6. The number of halogens is 2. The topological polar surface area (TPSA) is 74.8 Å². The second-order valence-electron chi connectivity index (χ2n) is 8.31. The molecule has 0 bridgehead atoms. The summed E-state index contributed by atoms with van der Waals surface area (Å²) in [5.74, 6) is -3.09. The van der Waals surface area contributed by atoms with E-state index in [0.717, 1.165) is 0 Å². The van der Waals surface area contributed by atoms with Gasteiger partial charge in [-0.15, -0.1) is 11.3 Å². The van der Waals surface area contributed by atoms with Gasteiger partial charge in [-0.2, -0.15) is 0 Å². The summed E-state index contributed by atoms with van der Waals surface area (Å²) in [6.45, 7) is 7.99. The molecule has 0 radical (unpaired) electrons. The van der Waals surface area contributed by atoms with Gasteiger partial charge in [0.05, 0.1) is 0 Å². The highest BCUT2D eigenvalue weighted by Gasteiger charge is 2.45. The van der Waals surface area contributed by atoms with Gasteiger partial charge in [-0.1, -0.05) is 0 Å². The molecule has 1 aliphatic carbocycles. The third-order valence-electron chi connectivity index (χ3n) is 4.65. The fraction of sp³-hybridized carbons (Fsp3) is 0.722. The van der Waals surface area contributed by atoms with Crippen LogP contribution in [0.4, 0.5) is 18.7 Å². The summed E-state index contributed by atoms with van der Waals surface area (Å²) in [6.07, 6.45) is -0.664. The Morgan fingerprint density at radius 2 is 1.93 bits per heavy atom. The Kier molecular flexibility index (Phi) is 5.79. The Morgan fingerprint density at radius 1 is 1.29 bits per heavy atom. The molecule has 7 nitrogen and oxygen atoms in total. The first kappa shape index (κ1) is 20.8. The zero-order valence-electron chi connectivity index (χ0n) is 16.3. The van der Waals surface area contributed by atoms with Gasteiger partial charge in [0.15, 0.2) is 5.13 Å². The molecule has 10 heteroatoms. The molecule has 0 unspecified atom stereocenters. The van der Waals surface area contributed by atoms with E-state index < -0.39 is 11.5 Å². The summed E-state index contributed by atoms with van der Waals surface area (Å²) < 4.78 is 31.1. The third-order valence-corrected chi connectivity index (χ3v) is 5.55. The molecule has 1 aliphatic heterocycles. The lowest BCUT2D eigenvalue weighted by Crippen LogP contribution is -2.50. The van der Waals surface area contributed by atoms with Crippen LogP contribution < -0.4 is 10.2 Å². The van der Waals surface area contributed by atoms with Crippen molar-refractivity contribution < 1.29 is 23.1 Å². The van der Waals surface area contributed by atoms with Gasteiger partial charge in [-0.3, -0.25) is 4.79 Å². The second kappa shape index (κ2) is 7.81. The van der Waals surface area contributed by atoms with E-state index in [0.29, 0.717) is 37.0 Å². The van der Waals surface area contributed by atoms with Crippen LogP contribution in [-0.2, 0) is 4.74 Å². The van der Waals surface area contributed by atoms with Crippen LogP contribution in [0.5, 0.6) is 0 Å². The standard InChI is InChI=1S/C18H26F2N4O3S/c1-17(2,3)27-16(26)24-6-4-23(5-7-24)15-22-13(11-28-15)14(25)21-10-12-8-18(19,20)9-12/h11-12H,4-10H2,1-3H3,(H,21,25). The van der Waals surface area contributed by atoms with Gasteiger partial charge >= 0.3 is 6.09 Å². The number of carbonyl (C=O) groups excluding carboxylic acids is 2. The van der Waals surface area contributed by atoms with E-state index in [1.165, 1.54) is 11.3 Å². The summed E-state index contributed by atoms with van der Waals surface area (Å²) in [7, 11) is 0. The Bertz CT molecular complexity index is 719. The molecule has 156 valence electrons. The first-order valence-electron chi connectivity index (χ1n) is 9.37. The van der Waals surface area contributed by atoms with Crippen molar-refractivity contribution in [1.82, 2.24) is 15.2 Å². The zero-order valence-corrected chi connectivity index (χ0v) is 17.2. The normalized spacial score (nSPS) is 19.9. The van der Waals surface area contributed by atoms with Crippen molar-refractivity contribution in [3.63, 3.8) is 0 Å². The fourth-order valence-corrected chi connectivity index (χ4v) is 4.04. The smallest absolute Gasteiger partial charge is 0.410 e. The maximum Gasteiger partial charge on any atom is 0.410 e. The number of thiazole rings is 1. The molecule has 0 spiro atoms. The number of anilines is 1. The zero-order chi connectivity index (χ0) is 20.5. The molecule has 1 saturated carbocycles. The van der Waals surface area contributed by atoms with E-state index in [4.69, 9.17) is 4.74 Å². The lowest BCUT2D eigenvalue weighted by atomic mass is 9.81. The Hall–Kier alpha value is -1.97. The molecule has 2 amide bonds. The van der Waals surface area contributed by atoms with Crippen LogP contribution in [0.1, 0.15) is 44.1 Å². The van der Waals surface area contributed by atoms with Gasteiger partial charge in [-0.05, 0) is 26.7 Å². The monoisotopic (exact) mass is 416 g/mol. The van der Waals surface area contributed by atoms with Gasteiger partial charge in [0.2, 0.25) is 5.92 Å². The molecule has 1 aromatic heterocycles. The molecule has 2 fully saturated rings. The molecule has 0 atom stereocenters. The third kappa shape index (κ3) is 5.30. The van der Waals surface area contributed by atoms with Crippen LogP contribution in [0.3, 0.4) is 0 Å². The highest BCUT2D eigenvalue weighted by Crippen LogP contribution is 2.41. The van der Waals surface area contributed by atoms with E-state index in [2.05, 4.69) is 10.3 Å². The maximum absolute atomic E-state index is 12.8. The highest BCUT2D eigenvalue weighted by molar-refractivity contribution is 7.13. The van der Waals surface area contributed by atoms with Crippen LogP contribution in [0.15, 0.2) is 5.38 Å². The highest BCUT2D eigenvalue weighted by atomic mass is 32.1. The van der Waals surface area contributed by atoms with E-state index in [9.17, 15) is 18.4 Å². The summed E-state index contributed by atoms with van der Waals surface area (Å²) in [5, 5.41) is 5.06. The van der Waals surface area contributed by atoms with Gasteiger partial charge in [0, 0.05) is 50.9 Å². The molecular weight excluding hydrogens is 390 g/mol. The van der Waals surface area contributed by atoms with Crippen molar-refractivity contribution >= 4 is 28.5 Å². The molecule has 3 rings (SSSR count). The van der Waals surface area contributed by atoms with E-state index in [1.54, 1.807) is 10.3 Å². The fourth-order valence-electron chi connectivity index (χ4n) is 3.18. The van der Waals surface area contributed by atoms with E-state index >= 15 is 0 Å². The molecular formula is C18H26F2N4O3S. The molecule has 1 N–H and O–H groups in total. The molecule has 2 heterocycles. The predicted octanol–water partition coefficient (Wildman–Crippen LogP) is 2.98. The predicted molar refractivity (Wildman–Crippen MR) is 102 cm³/mol. The number of carbonyl (C=O) groups is 2. The average Bonchev–Trinajstić information content (AvgIpc) is 3.06. The quantitative estimate of drug-likeness (QED) is 0.817. The molecule has 1 saturated heterocycles. The van der Waals surface area contributed by atoms with E-state index in [-0.39, 0.29) is 37.3 Å². The lowest BCUT2D eigenvalue weighted by molar-refractivity contribution is -0.108. The summed E-state index contributed by atoms with van der Waals surface area (Å²) in [4.78, 5) is 32.3. The van der Waals surface area contributed by atoms with Gasteiger partial charge in [-0.25, -0.2) is 18.6 Å². The lowest BCUT2D eigenvalue weighted by Gasteiger charge is -2.35. The second-order valence-corrected chi connectivity index (χ2v) is 9.15. The number of alkyl halides is 2. The number of nitrogens with one attached hydrogen (secondary N) is 1. The number of rotatable bonds is 4. The summed E-state index contributed by atoms with van der Waals surface area (Å²) in [6, 6.07) is 0. The van der Waals surface area contributed by atoms with Crippen molar-refractivity contribution in [1.29, 1.82) is 0 Å². The van der Waals surface area contributed by atoms with Gasteiger partial charge < -0.3 is 19.9 Å². The van der Waals surface area contributed by atoms with Crippen molar-refractivity contribution in [2.24, 2.45) is 5.92 Å². The summed E-state index contributed by atoms with van der Waals surface area (Å²) >= 11 is 1.36. The first-order valence-corrected chi connectivity index (χ1v) is 10.2. The molecule has 28 heavy (non-hydrogen) atoms. The Labute approximate surface area is 167 Å². The maximum atomic E-state index is 12.8. The number of ether oxygens (including phenoxy) is 1. The Morgan fingerprint density at radius 3 is 2.50 bits per heavy atom. The number of aromatic nitrogens is 1. The number of nitrogens with zero attached hydrogens (tertiary/aromatic N) is 3. The van der Waals surface area contributed by atoms with Crippen LogP contribution in [0, 0.1) is 5.92 Å². The average molecular weight is 416 g/mol. The van der Waals surface area contributed by atoms with Crippen molar-refractivity contribution in [3.8, 4) is 0 Å². The van der Waals surface area contributed by atoms with Gasteiger partial charge in [0.25, 0.3) is 5.91 Å². The van der Waals surface area contributed by atoms with Gasteiger partial charge in [0.1, 0.15) is 11.3 Å². The Balaban J connectivity index is 1.45. The van der Waals surface area contributed by atoms with Crippen LogP contribution in [-0.4, -0.2) is 66.1 Å². The van der Waals surface area contributed by atoms with Crippen molar-refractivity contribution in [2.75, 3.05) is 37.6 Å². The number of hydrogen-bond donors (Lipinski definition) is 1. The molecule has 1 aromatic rings. The molecule has 0 aromatic carbocycles. The van der Waals surface area contributed by atoms with Crippen molar-refractivity contribution in [3.05, 3.63) is 11.1 Å². The van der Waals surface area contributed by atoms with Crippen LogP contribution >= 0.6 is 11.3 Å². The van der Waals surface area contributed by atoms with E-state index in [1.807, 2.05) is 25.7 Å². The first-order chi connectivity index (χ1) is 13.0. The minimum Gasteiger partial charge on any atom is -0.444 e. The minimum atomic E-state index is -2.58. The van der Waals surface area contributed by atoms with Crippen molar-refractivity contribution in [2.45, 2.75) is 45.1 Å². The minimum absolute atomic E-state index is 0.169. The molecule has 2 aliphatic rings. The SMILES string of the molecule is CC(C)(C)OC(=O)N1CCN(c2nc(C(=O)NCC3CC(F)(F)C3)cs2)CC1.